The Hall–Kier alpha value is 0.190. The Balaban J connectivity index is 4.03. The van der Waals surface area contributed by atoms with Crippen molar-refractivity contribution in [2.75, 3.05) is 19.2 Å². The van der Waals surface area contributed by atoms with Crippen LogP contribution in [0.15, 0.2) is 0 Å². The van der Waals surface area contributed by atoms with Crippen molar-refractivity contribution in [2.45, 2.75) is 20.8 Å². The fourth-order valence-corrected chi connectivity index (χ4v) is 3.16. The lowest BCUT2D eigenvalue weighted by Gasteiger charge is -2.21. The van der Waals surface area contributed by atoms with Crippen LogP contribution in [0.4, 0.5) is 0 Å². The van der Waals surface area contributed by atoms with E-state index >= 15 is 0 Å². The Morgan fingerprint density at radius 3 is 1.90 bits per heavy atom. The molecular weight excluding hydrogens is 147 g/mol. The van der Waals surface area contributed by atoms with Crippen LogP contribution in [0, 0.1) is 5.41 Å². The van der Waals surface area contributed by atoms with Gasteiger partial charge in [-0.25, -0.2) is 0 Å². The first-order chi connectivity index (χ1) is 4.27. The summed E-state index contributed by atoms with van der Waals surface area (Å²) < 4.78 is 11.3. The molecule has 1 atom stereocenters. The molecule has 10 heavy (non-hydrogen) atoms. The number of aliphatic hydroxyl groups is 1. The van der Waals surface area contributed by atoms with Gasteiger partial charge in [-0.3, -0.25) is 0 Å². The van der Waals surface area contributed by atoms with E-state index in [1.165, 1.54) is 0 Å². The highest BCUT2D eigenvalue weighted by atomic mass is 31.2. The van der Waals surface area contributed by atoms with E-state index in [4.69, 9.17) is 5.11 Å². The molecule has 0 saturated carbocycles. The number of hydrogen-bond donors (Lipinski definition) is 1. The van der Waals surface area contributed by atoms with Crippen molar-refractivity contribution >= 4 is 7.14 Å². The topological polar surface area (TPSA) is 37.3 Å². The smallest absolute Gasteiger partial charge is 0.109 e. The van der Waals surface area contributed by atoms with E-state index in [1.807, 2.05) is 20.8 Å². The summed E-state index contributed by atoms with van der Waals surface area (Å²) in [5.41, 5.74) is 0.0625. The Bertz CT molecular complexity index is 146. The second-order valence-corrected chi connectivity index (χ2v) is 7.35. The molecule has 62 valence electrons. The van der Waals surface area contributed by atoms with Crippen LogP contribution in [0.5, 0.6) is 0 Å². The van der Waals surface area contributed by atoms with Crippen LogP contribution < -0.4 is 0 Å². The molecule has 1 unspecified atom stereocenters. The summed E-state index contributed by atoms with van der Waals surface area (Å²) in [4.78, 5) is 0. The van der Waals surface area contributed by atoms with Gasteiger partial charge in [0.1, 0.15) is 7.14 Å². The van der Waals surface area contributed by atoms with Crippen LogP contribution in [-0.4, -0.2) is 24.3 Å². The first-order valence-corrected chi connectivity index (χ1v) is 5.96. The molecule has 0 aromatic carbocycles. The van der Waals surface area contributed by atoms with Crippen molar-refractivity contribution in [2.24, 2.45) is 5.41 Å². The van der Waals surface area contributed by atoms with Crippen LogP contribution in [0.1, 0.15) is 20.8 Å². The number of aliphatic hydroxyl groups excluding tert-OH is 1. The Morgan fingerprint density at radius 1 is 1.40 bits per heavy atom. The van der Waals surface area contributed by atoms with Crippen molar-refractivity contribution in [1.82, 2.24) is 0 Å². The molecule has 0 aromatic rings. The molecule has 0 rings (SSSR count). The maximum atomic E-state index is 11.3. The molecule has 2 nitrogen and oxygen atoms in total. The summed E-state index contributed by atoms with van der Waals surface area (Å²) in [6.07, 6.45) is 0.459. The predicted molar refractivity (Wildman–Crippen MR) is 44.9 cm³/mol. The van der Waals surface area contributed by atoms with Crippen LogP contribution in [-0.2, 0) is 4.57 Å². The number of hydrogen-bond acceptors (Lipinski definition) is 2. The average Bonchev–Trinajstić information content (AvgIpc) is 1.60. The lowest BCUT2D eigenvalue weighted by molar-refractivity contribution is 0.353. The molecular formula is C7H17O2P. The van der Waals surface area contributed by atoms with Gasteiger partial charge in [0.25, 0.3) is 0 Å². The van der Waals surface area contributed by atoms with Crippen LogP contribution >= 0.6 is 7.14 Å². The third-order valence-corrected chi connectivity index (χ3v) is 3.32. The van der Waals surface area contributed by atoms with Gasteiger partial charge in [0, 0.05) is 6.16 Å². The van der Waals surface area contributed by atoms with Gasteiger partial charge < -0.3 is 9.67 Å². The number of rotatable bonds is 2. The van der Waals surface area contributed by atoms with Gasteiger partial charge in [-0.2, -0.15) is 0 Å². The van der Waals surface area contributed by atoms with Crippen molar-refractivity contribution in [3.05, 3.63) is 0 Å². The maximum Gasteiger partial charge on any atom is 0.109 e. The first-order valence-electron chi connectivity index (χ1n) is 3.43. The molecule has 3 heteroatoms. The molecule has 0 saturated heterocycles. The van der Waals surface area contributed by atoms with Gasteiger partial charge in [0.2, 0.25) is 0 Å². The Kier molecular flexibility index (Phi) is 3.12. The van der Waals surface area contributed by atoms with Crippen LogP contribution in [0.2, 0.25) is 0 Å². The highest BCUT2D eigenvalue weighted by Gasteiger charge is 2.22. The highest BCUT2D eigenvalue weighted by molar-refractivity contribution is 7.62. The van der Waals surface area contributed by atoms with Crippen molar-refractivity contribution < 1.29 is 9.67 Å². The molecule has 0 aliphatic rings. The van der Waals surface area contributed by atoms with E-state index < -0.39 is 7.14 Å². The first kappa shape index (κ1) is 10.2. The molecule has 0 heterocycles. The quantitative estimate of drug-likeness (QED) is 0.633. The summed E-state index contributed by atoms with van der Waals surface area (Å²) in [5, 5.41) is 8.69. The summed E-state index contributed by atoms with van der Waals surface area (Å²) >= 11 is 0. The molecule has 0 bridgehead atoms. The van der Waals surface area contributed by atoms with E-state index in [-0.39, 0.29) is 11.8 Å². The fraction of sp³-hybridized carbons (Fsp3) is 1.00. The van der Waals surface area contributed by atoms with Crippen LogP contribution in [0.25, 0.3) is 0 Å². The highest BCUT2D eigenvalue weighted by Crippen LogP contribution is 2.45. The van der Waals surface area contributed by atoms with Crippen molar-refractivity contribution in [3.8, 4) is 0 Å². The zero-order chi connectivity index (χ0) is 8.41. The van der Waals surface area contributed by atoms with Gasteiger partial charge in [-0.15, -0.1) is 0 Å². The standard InChI is InChI=1S/C7H17O2P/c1-7(2,3)5-10(4,9)6-8/h8H,5-6H2,1-4H3. The third kappa shape index (κ3) is 5.01. The molecule has 0 spiro atoms. The maximum absolute atomic E-state index is 11.3. The van der Waals surface area contributed by atoms with Crippen molar-refractivity contribution in [3.63, 3.8) is 0 Å². The lowest BCUT2D eigenvalue weighted by atomic mass is 10.0. The Labute approximate surface area is 63.0 Å². The van der Waals surface area contributed by atoms with E-state index in [0.29, 0.717) is 6.16 Å². The van der Waals surface area contributed by atoms with E-state index in [0.717, 1.165) is 0 Å². The molecule has 0 amide bonds. The minimum absolute atomic E-state index is 0.0625. The van der Waals surface area contributed by atoms with Crippen molar-refractivity contribution in [1.29, 1.82) is 0 Å². The van der Waals surface area contributed by atoms with Gasteiger partial charge in [0.05, 0.1) is 6.35 Å². The lowest BCUT2D eigenvalue weighted by Crippen LogP contribution is -2.12. The monoisotopic (exact) mass is 164 g/mol. The average molecular weight is 164 g/mol. The largest absolute Gasteiger partial charge is 0.389 e. The third-order valence-electron chi connectivity index (χ3n) is 1.11. The fourth-order valence-electron chi connectivity index (χ4n) is 1.05. The zero-order valence-corrected chi connectivity index (χ0v) is 8.11. The Morgan fingerprint density at radius 2 is 1.80 bits per heavy atom. The molecule has 0 aromatic heterocycles. The van der Waals surface area contributed by atoms with E-state index in [2.05, 4.69) is 0 Å². The molecule has 0 fully saturated rings. The summed E-state index contributed by atoms with van der Waals surface area (Å²) in [5.74, 6) is 0. The second kappa shape index (κ2) is 3.06. The van der Waals surface area contributed by atoms with Gasteiger partial charge in [-0.05, 0) is 12.1 Å². The summed E-state index contributed by atoms with van der Waals surface area (Å²) in [6, 6.07) is 0. The summed E-state index contributed by atoms with van der Waals surface area (Å²) in [7, 11) is -2.24. The minimum Gasteiger partial charge on any atom is -0.389 e. The molecule has 1 N–H and O–H groups in total. The summed E-state index contributed by atoms with van der Waals surface area (Å²) in [6.45, 7) is 7.73. The normalized spacial score (nSPS) is 18.5. The SMILES string of the molecule is CC(C)(C)CP(C)(=O)CO. The minimum atomic E-state index is -2.24. The molecule has 0 aliphatic carbocycles. The van der Waals surface area contributed by atoms with Gasteiger partial charge >= 0.3 is 0 Å². The molecule has 0 aliphatic heterocycles. The second-order valence-electron chi connectivity index (χ2n) is 4.16. The van der Waals surface area contributed by atoms with Gasteiger partial charge in [0.15, 0.2) is 0 Å². The predicted octanol–water partition coefficient (Wildman–Crippen LogP) is 1.98. The van der Waals surface area contributed by atoms with E-state index in [1.54, 1.807) is 6.66 Å². The van der Waals surface area contributed by atoms with Gasteiger partial charge in [-0.1, -0.05) is 20.8 Å². The van der Waals surface area contributed by atoms with Crippen LogP contribution in [0.3, 0.4) is 0 Å². The zero-order valence-electron chi connectivity index (χ0n) is 7.22. The molecule has 0 radical (unpaired) electrons. The van der Waals surface area contributed by atoms with E-state index in [9.17, 15) is 4.57 Å².